The van der Waals surface area contributed by atoms with Gasteiger partial charge in [-0.05, 0) is 48.4 Å². The third-order valence-corrected chi connectivity index (χ3v) is 5.19. The summed E-state index contributed by atoms with van der Waals surface area (Å²) < 4.78 is 6.77. The zero-order chi connectivity index (χ0) is 18.9. The summed E-state index contributed by atoms with van der Waals surface area (Å²) in [6.07, 6.45) is 5.29. The van der Waals surface area contributed by atoms with E-state index in [1.54, 1.807) is 6.21 Å². The third-order valence-electron chi connectivity index (χ3n) is 3.91. The zero-order valence-corrected chi connectivity index (χ0v) is 17.6. The van der Waals surface area contributed by atoms with Crippen LogP contribution in [0, 0.1) is 0 Å². The molecule has 0 radical (unpaired) electrons. The van der Waals surface area contributed by atoms with Crippen LogP contribution in [-0.2, 0) is 0 Å². The van der Waals surface area contributed by atoms with Crippen LogP contribution in [0.2, 0.25) is 0 Å². The number of nitrogens with zero attached hydrogens (tertiary/aromatic N) is 2. The summed E-state index contributed by atoms with van der Waals surface area (Å²) in [6, 6.07) is 16.0. The van der Waals surface area contributed by atoms with Gasteiger partial charge in [0.15, 0.2) is 0 Å². The fraction of sp³-hybridized carbons (Fsp3) is 0.238. The molecule has 4 nitrogen and oxygen atoms in total. The molecule has 3 rings (SSSR count). The molecule has 0 spiro atoms. The molecule has 2 aromatic carbocycles. The van der Waals surface area contributed by atoms with Gasteiger partial charge in [-0.1, -0.05) is 47.8 Å². The normalized spacial score (nSPS) is 11.0. The average molecular weight is 444 g/mol. The highest BCUT2D eigenvalue weighted by Crippen LogP contribution is 2.26. The minimum Gasteiger partial charge on any atom is -0.494 e. The number of aromatic nitrogens is 1. The zero-order valence-electron chi connectivity index (χ0n) is 15.2. The number of unbranched alkanes of at least 4 members (excludes halogenated alkanes) is 2. The molecule has 0 saturated heterocycles. The molecule has 6 heteroatoms. The summed E-state index contributed by atoms with van der Waals surface area (Å²) in [5, 5.41) is 7.06. The summed E-state index contributed by atoms with van der Waals surface area (Å²) in [5.74, 6) is 0.898. The number of benzene rings is 2. The topological polar surface area (TPSA) is 46.5 Å². The maximum absolute atomic E-state index is 5.72. The Labute approximate surface area is 172 Å². The van der Waals surface area contributed by atoms with Crippen molar-refractivity contribution >= 4 is 38.6 Å². The number of ether oxygens (including phenoxy) is 1. The molecule has 0 aliphatic heterocycles. The van der Waals surface area contributed by atoms with Crippen LogP contribution in [-0.4, -0.2) is 17.8 Å². The van der Waals surface area contributed by atoms with E-state index in [4.69, 9.17) is 4.74 Å². The molecular weight excluding hydrogens is 422 g/mol. The first-order valence-electron chi connectivity index (χ1n) is 8.98. The quantitative estimate of drug-likeness (QED) is 0.230. The second-order valence-electron chi connectivity index (χ2n) is 6.04. The molecule has 0 bridgehead atoms. The van der Waals surface area contributed by atoms with Gasteiger partial charge >= 0.3 is 0 Å². The number of rotatable bonds is 9. The highest BCUT2D eigenvalue weighted by Gasteiger charge is 2.03. The van der Waals surface area contributed by atoms with Crippen molar-refractivity contribution in [2.45, 2.75) is 26.2 Å². The first-order valence-corrected chi connectivity index (χ1v) is 10.7. The first-order chi connectivity index (χ1) is 13.2. The highest BCUT2D eigenvalue weighted by atomic mass is 79.9. The van der Waals surface area contributed by atoms with Gasteiger partial charge in [-0.2, -0.15) is 5.10 Å². The van der Waals surface area contributed by atoms with Gasteiger partial charge in [-0.3, -0.25) is 5.43 Å². The summed E-state index contributed by atoms with van der Waals surface area (Å²) in [6.45, 7) is 2.96. The SMILES string of the molecule is CCCCCOc1ccc(/C=N/Nc2nc(-c3ccc(Br)cc3)cs2)cc1. The van der Waals surface area contributed by atoms with Gasteiger partial charge in [0, 0.05) is 15.4 Å². The molecule has 3 aromatic rings. The molecule has 0 aliphatic carbocycles. The van der Waals surface area contributed by atoms with E-state index in [1.807, 2.05) is 53.9 Å². The van der Waals surface area contributed by atoms with Crippen molar-refractivity contribution in [1.29, 1.82) is 0 Å². The van der Waals surface area contributed by atoms with Crippen molar-refractivity contribution in [1.82, 2.24) is 4.98 Å². The third kappa shape index (κ3) is 6.19. The lowest BCUT2D eigenvalue weighted by atomic mass is 10.2. The second-order valence-corrected chi connectivity index (χ2v) is 7.81. The van der Waals surface area contributed by atoms with E-state index >= 15 is 0 Å². The minimum absolute atomic E-state index is 0.764. The molecule has 0 aliphatic rings. The molecule has 0 unspecified atom stereocenters. The predicted octanol–water partition coefficient (Wildman–Crippen LogP) is 6.59. The number of thiazole rings is 1. The summed E-state index contributed by atoms with van der Waals surface area (Å²) in [7, 11) is 0. The number of hydrogen-bond donors (Lipinski definition) is 1. The molecule has 0 saturated carbocycles. The Morgan fingerprint density at radius 3 is 2.63 bits per heavy atom. The second kappa shape index (κ2) is 10.2. The fourth-order valence-corrected chi connectivity index (χ4v) is 3.37. The average Bonchev–Trinajstić information content (AvgIpc) is 3.16. The number of halogens is 1. The molecule has 0 fully saturated rings. The number of hydrazone groups is 1. The Morgan fingerprint density at radius 2 is 1.89 bits per heavy atom. The van der Waals surface area contributed by atoms with Crippen LogP contribution in [0.4, 0.5) is 5.13 Å². The van der Waals surface area contributed by atoms with Crippen LogP contribution >= 0.6 is 27.3 Å². The van der Waals surface area contributed by atoms with E-state index in [0.29, 0.717) is 0 Å². The van der Waals surface area contributed by atoms with Crippen molar-refractivity contribution in [3.05, 3.63) is 63.9 Å². The van der Waals surface area contributed by atoms with Crippen LogP contribution in [0.25, 0.3) is 11.3 Å². The fourth-order valence-electron chi connectivity index (χ4n) is 2.43. The van der Waals surface area contributed by atoms with Crippen LogP contribution in [0.1, 0.15) is 31.7 Å². The lowest BCUT2D eigenvalue weighted by Gasteiger charge is -2.05. The number of nitrogens with one attached hydrogen (secondary N) is 1. The van der Waals surface area contributed by atoms with Gasteiger partial charge in [0.05, 0.1) is 18.5 Å². The Kier molecular flexibility index (Phi) is 7.42. The van der Waals surface area contributed by atoms with Gasteiger partial charge < -0.3 is 4.74 Å². The van der Waals surface area contributed by atoms with Gasteiger partial charge in [0.2, 0.25) is 5.13 Å². The van der Waals surface area contributed by atoms with Crippen LogP contribution in [0.3, 0.4) is 0 Å². The predicted molar refractivity (Wildman–Crippen MR) is 118 cm³/mol. The van der Waals surface area contributed by atoms with E-state index in [0.717, 1.165) is 45.2 Å². The van der Waals surface area contributed by atoms with Crippen molar-refractivity contribution < 1.29 is 4.74 Å². The maximum atomic E-state index is 5.72. The van der Waals surface area contributed by atoms with Crippen LogP contribution in [0.15, 0.2) is 63.5 Å². The first kappa shape index (κ1) is 19.6. The number of hydrogen-bond acceptors (Lipinski definition) is 5. The van der Waals surface area contributed by atoms with E-state index in [2.05, 4.69) is 38.4 Å². The lowest BCUT2D eigenvalue weighted by molar-refractivity contribution is 0.306. The standard InChI is InChI=1S/C21H22BrN3OS/c1-2-3-4-13-26-19-11-5-16(6-12-19)14-23-25-21-24-20(15-27-21)17-7-9-18(22)10-8-17/h5-12,14-15H,2-4,13H2,1H3,(H,24,25)/b23-14+. The smallest absolute Gasteiger partial charge is 0.203 e. The molecule has 1 N–H and O–H groups in total. The van der Waals surface area contributed by atoms with Crippen molar-refractivity contribution in [3.8, 4) is 17.0 Å². The van der Waals surface area contributed by atoms with Crippen LogP contribution in [0.5, 0.6) is 5.75 Å². The molecule has 27 heavy (non-hydrogen) atoms. The summed E-state index contributed by atoms with van der Waals surface area (Å²) in [4.78, 5) is 4.56. The van der Waals surface area contributed by atoms with Gasteiger partial charge in [0.25, 0.3) is 0 Å². The Morgan fingerprint density at radius 1 is 1.11 bits per heavy atom. The lowest BCUT2D eigenvalue weighted by Crippen LogP contribution is -1.97. The molecule has 140 valence electrons. The van der Waals surface area contributed by atoms with Gasteiger partial charge in [-0.15, -0.1) is 11.3 Å². The van der Waals surface area contributed by atoms with E-state index in [-0.39, 0.29) is 0 Å². The summed E-state index contributed by atoms with van der Waals surface area (Å²) in [5.41, 5.74) is 6.03. The van der Waals surface area contributed by atoms with Crippen LogP contribution < -0.4 is 10.2 Å². The Hall–Kier alpha value is -2.18. The van der Waals surface area contributed by atoms with E-state index in [9.17, 15) is 0 Å². The van der Waals surface area contributed by atoms with E-state index < -0.39 is 0 Å². The highest BCUT2D eigenvalue weighted by molar-refractivity contribution is 9.10. The maximum Gasteiger partial charge on any atom is 0.203 e. The number of anilines is 1. The molecule has 0 atom stereocenters. The molecule has 1 aromatic heterocycles. The molecule has 0 amide bonds. The molecule has 1 heterocycles. The van der Waals surface area contributed by atoms with E-state index in [1.165, 1.54) is 24.2 Å². The molecular formula is C21H22BrN3OS. The van der Waals surface area contributed by atoms with Crippen molar-refractivity contribution in [2.75, 3.05) is 12.0 Å². The largest absolute Gasteiger partial charge is 0.494 e. The Bertz CT molecular complexity index is 860. The van der Waals surface area contributed by atoms with Gasteiger partial charge in [0.1, 0.15) is 5.75 Å². The minimum atomic E-state index is 0.764. The van der Waals surface area contributed by atoms with Crippen molar-refractivity contribution in [3.63, 3.8) is 0 Å². The summed E-state index contributed by atoms with van der Waals surface area (Å²) >= 11 is 4.98. The van der Waals surface area contributed by atoms with Crippen molar-refractivity contribution in [2.24, 2.45) is 5.10 Å². The van der Waals surface area contributed by atoms with Gasteiger partial charge in [-0.25, -0.2) is 4.98 Å². The monoisotopic (exact) mass is 443 g/mol. The Balaban J connectivity index is 1.51.